The highest BCUT2D eigenvalue weighted by Gasteiger charge is 2.30. The molecule has 3 heterocycles. The fourth-order valence-corrected chi connectivity index (χ4v) is 2.96. The molecule has 1 fully saturated rings. The highest BCUT2D eigenvalue weighted by molar-refractivity contribution is 6.06. The number of aryl methyl sites for hydroxylation is 1. The van der Waals surface area contributed by atoms with Gasteiger partial charge in [-0.05, 0) is 20.8 Å². The second kappa shape index (κ2) is 5.00. The number of furan rings is 1. The number of H-pyrrole nitrogens is 1. The van der Waals surface area contributed by atoms with Gasteiger partial charge in [-0.1, -0.05) is 0 Å². The van der Waals surface area contributed by atoms with Crippen molar-refractivity contribution in [3.8, 4) is 0 Å². The molecule has 0 aliphatic carbocycles. The van der Waals surface area contributed by atoms with Gasteiger partial charge in [-0.3, -0.25) is 9.59 Å². The summed E-state index contributed by atoms with van der Waals surface area (Å²) in [6.45, 7) is 6.96. The van der Waals surface area contributed by atoms with Gasteiger partial charge in [-0.15, -0.1) is 0 Å². The Morgan fingerprint density at radius 3 is 2.71 bits per heavy atom. The molecule has 1 aliphatic heterocycles. The number of hydrogen-bond donors (Lipinski definition) is 2. The highest BCUT2D eigenvalue weighted by Crippen LogP contribution is 2.23. The molecule has 2 aromatic heterocycles. The number of fused-ring (bicyclic) bond motifs is 1. The van der Waals surface area contributed by atoms with E-state index in [-0.39, 0.29) is 34.6 Å². The first kappa shape index (κ1) is 13.8. The standard InChI is InChI=1S/C14H18N4O3/c1-7-4-18(5-8(2)17-7)14(20)10-9(3)21-13-11(10)12(19)15-6-16-13/h6-8,17H,4-5H2,1-3H3,(H,15,16,19). The van der Waals surface area contributed by atoms with Crippen LogP contribution in [0.5, 0.6) is 0 Å². The first-order chi connectivity index (χ1) is 9.97. The van der Waals surface area contributed by atoms with Gasteiger partial charge in [0.1, 0.15) is 11.1 Å². The number of nitrogens with one attached hydrogen (secondary N) is 2. The van der Waals surface area contributed by atoms with Gasteiger partial charge in [-0.25, -0.2) is 4.98 Å². The molecule has 3 rings (SSSR count). The molecule has 112 valence electrons. The summed E-state index contributed by atoms with van der Waals surface area (Å²) in [5.41, 5.74) is 0.174. The zero-order valence-corrected chi connectivity index (χ0v) is 12.3. The van der Waals surface area contributed by atoms with E-state index in [1.165, 1.54) is 6.33 Å². The molecular formula is C14H18N4O3. The summed E-state index contributed by atoms with van der Waals surface area (Å²) in [5.74, 6) is 0.253. The molecule has 0 spiro atoms. The minimum absolute atomic E-state index is 0.176. The summed E-state index contributed by atoms with van der Waals surface area (Å²) in [4.78, 5) is 33.0. The zero-order chi connectivity index (χ0) is 15.1. The van der Waals surface area contributed by atoms with E-state index in [1.807, 2.05) is 13.8 Å². The van der Waals surface area contributed by atoms with Crippen molar-refractivity contribution >= 4 is 17.0 Å². The molecule has 0 radical (unpaired) electrons. The predicted molar refractivity (Wildman–Crippen MR) is 77.3 cm³/mol. The number of nitrogens with zero attached hydrogens (tertiary/aromatic N) is 2. The second-order valence-corrected chi connectivity index (χ2v) is 5.62. The summed E-state index contributed by atoms with van der Waals surface area (Å²) >= 11 is 0. The molecule has 7 nitrogen and oxygen atoms in total. The predicted octanol–water partition coefficient (Wildman–Crippen LogP) is 0.647. The van der Waals surface area contributed by atoms with E-state index in [0.717, 1.165) is 0 Å². The number of amides is 1. The maximum atomic E-state index is 12.8. The number of hydrogen-bond acceptors (Lipinski definition) is 5. The number of carbonyl (C=O) groups is 1. The lowest BCUT2D eigenvalue weighted by molar-refractivity contribution is 0.0673. The fraction of sp³-hybridized carbons (Fsp3) is 0.500. The molecule has 0 aromatic carbocycles. The first-order valence-electron chi connectivity index (χ1n) is 6.99. The maximum Gasteiger partial charge on any atom is 0.262 e. The summed E-state index contributed by atoms with van der Waals surface area (Å²) < 4.78 is 5.45. The third-order valence-corrected chi connectivity index (χ3v) is 3.73. The van der Waals surface area contributed by atoms with E-state index in [4.69, 9.17) is 4.42 Å². The summed E-state index contributed by atoms with van der Waals surface area (Å²) in [6, 6.07) is 0.431. The molecule has 21 heavy (non-hydrogen) atoms. The molecule has 0 bridgehead atoms. The van der Waals surface area contributed by atoms with Crippen LogP contribution in [-0.2, 0) is 0 Å². The lowest BCUT2D eigenvalue weighted by Gasteiger charge is -2.36. The van der Waals surface area contributed by atoms with E-state index in [2.05, 4.69) is 15.3 Å². The van der Waals surface area contributed by atoms with E-state index in [0.29, 0.717) is 24.4 Å². The molecule has 1 amide bonds. The van der Waals surface area contributed by atoms with Gasteiger partial charge in [0, 0.05) is 25.2 Å². The van der Waals surface area contributed by atoms with Gasteiger partial charge in [0.2, 0.25) is 5.71 Å². The SMILES string of the molecule is Cc1oc2nc[nH]c(=O)c2c1C(=O)N1CC(C)NC(C)C1. The Hall–Kier alpha value is -2.15. The summed E-state index contributed by atoms with van der Waals surface area (Å²) in [6.07, 6.45) is 1.27. The van der Waals surface area contributed by atoms with Gasteiger partial charge in [0.05, 0.1) is 11.9 Å². The van der Waals surface area contributed by atoms with Crippen molar-refractivity contribution < 1.29 is 9.21 Å². The average molecular weight is 290 g/mol. The third kappa shape index (κ3) is 2.33. The van der Waals surface area contributed by atoms with Crippen molar-refractivity contribution in [3.05, 3.63) is 28.0 Å². The Balaban J connectivity index is 2.06. The number of carbonyl (C=O) groups excluding carboxylic acids is 1. The molecular weight excluding hydrogens is 272 g/mol. The topological polar surface area (TPSA) is 91.2 Å². The molecule has 0 saturated carbocycles. The van der Waals surface area contributed by atoms with Crippen LogP contribution in [0.15, 0.2) is 15.5 Å². The van der Waals surface area contributed by atoms with Crippen LogP contribution in [0.3, 0.4) is 0 Å². The van der Waals surface area contributed by atoms with E-state index in [1.54, 1.807) is 11.8 Å². The second-order valence-electron chi connectivity index (χ2n) is 5.62. The summed E-state index contributed by atoms with van der Waals surface area (Å²) in [7, 11) is 0. The maximum absolute atomic E-state index is 12.8. The third-order valence-electron chi connectivity index (χ3n) is 3.73. The molecule has 1 aliphatic rings. The Morgan fingerprint density at radius 2 is 2.05 bits per heavy atom. The van der Waals surface area contributed by atoms with Gasteiger partial charge in [0.15, 0.2) is 0 Å². The minimum Gasteiger partial charge on any atom is -0.442 e. The Kier molecular flexibility index (Phi) is 3.29. The molecule has 2 aromatic rings. The van der Waals surface area contributed by atoms with Crippen molar-refractivity contribution in [3.63, 3.8) is 0 Å². The number of rotatable bonds is 1. The summed E-state index contributed by atoms with van der Waals surface area (Å²) in [5, 5.41) is 3.61. The van der Waals surface area contributed by atoms with Crippen LogP contribution >= 0.6 is 0 Å². The van der Waals surface area contributed by atoms with Crippen molar-refractivity contribution in [1.82, 2.24) is 20.2 Å². The minimum atomic E-state index is -0.351. The van der Waals surface area contributed by atoms with Gasteiger partial charge >= 0.3 is 0 Å². The zero-order valence-electron chi connectivity index (χ0n) is 12.3. The van der Waals surface area contributed by atoms with Crippen LogP contribution in [-0.4, -0.2) is 45.9 Å². The van der Waals surface area contributed by atoms with Crippen molar-refractivity contribution in [2.45, 2.75) is 32.9 Å². The lowest BCUT2D eigenvalue weighted by atomic mass is 10.1. The van der Waals surface area contributed by atoms with Gasteiger partial charge in [-0.2, -0.15) is 0 Å². The largest absolute Gasteiger partial charge is 0.442 e. The fourth-order valence-electron chi connectivity index (χ4n) is 2.96. The monoisotopic (exact) mass is 290 g/mol. The average Bonchev–Trinajstić information content (AvgIpc) is 2.74. The number of aromatic nitrogens is 2. The van der Waals surface area contributed by atoms with E-state index >= 15 is 0 Å². The number of piperazine rings is 1. The van der Waals surface area contributed by atoms with Crippen molar-refractivity contribution in [2.75, 3.05) is 13.1 Å². The van der Waals surface area contributed by atoms with Crippen LogP contribution < -0.4 is 10.9 Å². The van der Waals surface area contributed by atoms with Gasteiger partial charge in [0.25, 0.3) is 11.5 Å². The normalized spacial score (nSPS) is 22.7. The molecule has 2 N–H and O–H groups in total. The Morgan fingerprint density at radius 1 is 1.38 bits per heavy atom. The van der Waals surface area contributed by atoms with Crippen LogP contribution in [0.4, 0.5) is 0 Å². The van der Waals surface area contributed by atoms with Gasteiger partial charge < -0.3 is 19.6 Å². The van der Waals surface area contributed by atoms with Crippen molar-refractivity contribution in [2.24, 2.45) is 0 Å². The van der Waals surface area contributed by atoms with Crippen LogP contribution in [0.25, 0.3) is 11.1 Å². The van der Waals surface area contributed by atoms with Crippen molar-refractivity contribution in [1.29, 1.82) is 0 Å². The quantitative estimate of drug-likeness (QED) is 0.804. The first-order valence-corrected chi connectivity index (χ1v) is 6.99. The molecule has 2 atom stereocenters. The van der Waals surface area contributed by atoms with Crippen LogP contribution in [0, 0.1) is 6.92 Å². The Bertz CT molecular complexity index is 738. The Labute approximate surface area is 121 Å². The molecule has 7 heteroatoms. The van der Waals surface area contributed by atoms with E-state index < -0.39 is 0 Å². The van der Waals surface area contributed by atoms with Crippen LogP contribution in [0.1, 0.15) is 30.0 Å². The molecule has 2 unspecified atom stereocenters. The van der Waals surface area contributed by atoms with E-state index in [9.17, 15) is 9.59 Å². The number of aromatic amines is 1. The lowest BCUT2D eigenvalue weighted by Crippen LogP contribution is -2.55. The molecule has 1 saturated heterocycles. The van der Waals surface area contributed by atoms with Crippen LogP contribution in [0.2, 0.25) is 0 Å². The highest BCUT2D eigenvalue weighted by atomic mass is 16.3. The smallest absolute Gasteiger partial charge is 0.262 e.